The number of nitrogens with zero attached hydrogens (tertiary/aromatic N) is 2. The second-order valence-corrected chi connectivity index (χ2v) is 8.16. The Morgan fingerprint density at radius 2 is 1.72 bits per heavy atom. The third kappa shape index (κ3) is 3.94. The summed E-state index contributed by atoms with van der Waals surface area (Å²) >= 11 is 0. The van der Waals surface area contributed by atoms with Gasteiger partial charge in [0.2, 0.25) is 12.7 Å². The average molecular weight is 396 g/mol. The van der Waals surface area contributed by atoms with E-state index in [-0.39, 0.29) is 24.4 Å². The van der Waals surface area contributed by atoms with Crippen LogP contribution in [0.2, 0.25) is 0 Å². The van der Waals surface area contributed by atoms with Crippen LogP contribution in [0, 0.1) is 11.7 Å². The fourth-order valence-corrected chi connectivity index (χ4v) is 4.34. The Hall–Kier alpha value is -2.60. The Kier molecular flexibility index (Phi) is 4.87. The molecule has 5 nitrogen and oxygen atoms in total. The number of benzene rings is 2. The number of rotatable bonds is 5. The standard InChI is InChI=1S/C23H25FN2O3/c24-19-6-4-18(5-7-19)22(17-2-3-17)23(27)26-11-9-25(10-12-26)14-16-1-8-20-21(13-16)29-15-28-20/h1,4-8,13,17,22H,2-3,9-12,14-15H2. The molecular formula is C23H25FN2O3. The molecule has 152 valence electrons. The largest absolute Gasteiger partial charge is 0.454 e. The normalized spacial score (nSPS) is 20.0. The predicted octanol–water partition coefficient (Wildman–Crippen LogP) is 3.39. The number of hydrogen-bond donors (Lipinski definition) is 0. The average Bonchev–Trinajstić information content (AvgIpc) is 3.46. The van der Waals surface area contributed by atoms with Gasteiger partial charge in [-0.2, -0.15) is 0 Å². The lowest BCUT2D eigenvalue weighted by molar-refractivity contribution is -0.135. The first-order valence-corrected chi connectivity index (χ1v) is 10.3. The van der Waals surface area contributed by atoms with E-state index in [2.05, 4.69) is 11.0 Å². The molecule has 5 rings (SSSR count). The molecule has 29 heavy (non-hydrogen) atoms. The van der Waals surface area contributed by atoms with Crippen molar-refractivity contribution in [2.75, 3.05) is 33.0 Å². The molecule has 1 saturated carbocycles. The van der Waals surface area contributed by atoms with E-state index in [4.69, 9.17) is 9.47 Å². The molecule has 6 heteroatoms. The maximum absolute atomic E-state index is 13.3. The van der Waals surface area contributed by atoms with Crippen molar-refractivity contribution in [2.24, 2.45) is 5.92 Å². The van der Waals surface area contributed by atoms with E-state index in [1.165, 1.54) is 17.7 Å². The van der Waals surface area contributed by atoms with Gasteiger partial charge in [0.1, 0.15) is 5.82 Å². The number of halogens is 1. The minimum absolute atomic E-state index is 0.129. The molecule has 2 aliphatic heterocycles. The van der Waals surface area contributed by atoms with Gasteiger partial charge in [0, 0.05) is 32.7 Å². The van der Waals surface area contributed by atoms with Crippen LogP contribution in [0.4, 0.5) is 4.39 Å². The summed E-state index contributed by atoms with van der Waals surface area (Å²) in [4.78, 5) is 17.6. The molecule has 1 atom stereocenters. The predicted molar refractivity (Wildman–Crippen MR) is 106 cm³/mol. The molecule has 1 aliphatic carbocycles. The minimum atomic E-state index is -0.257. The summed E-state index contributed by atoms with van der Waals surface area (Å²) in [5.41, 5.74) is 2.14. The van der Waals surface area contributed by atoms with Gasteiger partial charge in [0.05, 0.1) is 5.92 Å². The lowest BCUT2D eigenvalue weighted by atomic mass is 9.92. The Balaban J connectivity index is 1.20. The van der Waals surface area contributed by atoms with Crippen molar-refractivity contribution >= 4 is 5.91 Å². The Labute approximate surface area is 170 Å². The SMILES string of the molecule is O=C(C(c1ccc(F)cc1)C1CC1)N1CCN(Cc2ccc3c(c2)OCO3)CC1. The Morgan fingerprint density at radius 3 is 2.45 bits per heavy atom. The molecule has 2 aromatic carbocycles. The zero-order valence-corrected chi connectivity index (χ0v) is 16.4. The molecule has 0 spiro atoms. The summed E-state index contributed by atoms with van der Waals surface area (Å²) in [5.74, 6) is 1.82. The van der Waals surface area contributed by atoms with Crippen molar-refractivity contribution in [3.8, 4) is 11.5 Å². The summed E-state index contributed by atoms with van der Waals surface area (Å²) in [7, 11) is 0. The van der Waals surface area contributed by atoms with E-state index in [1.807, 2.05) is 17.0 Å². The van der Waals surface area contributed by atoms with Gasteiger partial charge >= 0.3 is 0 Å². The molecule has 1 saturated heterocycles. The van der Waals surface area contributed by atoms with E-state index in [1.54, 1.807) is 12.1 Å². The van der Waals surface area contributed by atoms with Gasteiger partial charge in [-0.1, -0.05) is 18.2 Å². The lowest BCUT2D eigenvalue weighted by Crippen LogP contribution is -2.49. The van der Waals surface area contributed by atoms with Crippen LogP contribution in [0.15, 0.2) is 42.5 Å². The van der Waals surface area contributed by atoms with E-state index < -0.39 is 0 Å². The van der Waals surface area contributed by atoms with Gasteiger partial charge in [-0.05, 0) is 54.2 Å². The van der Waals surface area contributed by atoms with E-state index >= 15 is 0 Å². The highest BCUT2D eigenvalue weighted by molar-refractivity contribution is 5.84. The van der Waals surface area contributed by atoms with Crippen LogP contribution in [0.25, 0.3) is 0 Å². The molecule has 0 N–H and O–H groups in total. The van der Waals surface area contributed by atoms with Gasteiger partial charge < -0.3 is 14.4 Å². The molecule has 2 fully saturated rings. The van der Waals surface area contributed by atoms with Crippen LogP contribution in [0.3, 0.4) is 0 Å². The molecule has 3 aliphatic rings. The molecule has 0 aromatic heterocycles. The quantitative estimate of drug-likeness (QED) is 0.777. The molecular weight excluding hydrogens is 371 g/mol. The van der Waals surface area contributed by atoms with Crippen molar-refractivity contribution < 1.29 is 18.7 Å². The zero-order chi connectivity index (χ0) is 19.8. The second-order valence-electron chi connectivity index (χ2n) is 8.16. The summed E-state index contributed by atoms with van der Waals surface area (Å²) in [6.07, 6.45) is 2.16. The summed E-state index contributed by atoms with van der Waals surface area (Å²) in [6.45, 7) is 4.28. The first-order chi connectivity index (χ1) is 14.2. The first-order valence-electron chi connectivity index (χ1n) is 10.3. The van der Waals surface area contributed by atoms with E-state index in [0.717, 1.165) is 62.6 Å². The van der Waals surface area contributed by atoms with E-state index in [0.29, 0.717) is 5.92 Å². The fraction of sp³-hybridized carbons (Fsp3) is 0.435. The molecule has 0 bridgehead atoms. The summed E-state index contributed by atoms with van der Waals surface area (Å²) < 4.78 is 24.1. The van der Waals surface area contributed by atoms with Gasteiger partial charge in [0.25, 0.3) is 0 Å². The monoisotopic (exact) mass is 396 g/mol. The third-order valence-corrected chi connectivity index (χ3v) is 6.12. The number of ether oxygens (including phenoxy) is 2. The third-order valence-electron chi connectivity index (χ3n) is 6.12. The summed E-state index contributed by atoms with van der Waals surface area (Å²) in [6, 6.07) is 12.5. The van der Waals surface area contributed by atoms with Gasteiger partial charge in [-0.15, -0.1) is 0 Å². The van der Waals surface area contributed by atoms with Crippen molar-refractivity contribution in [3.05, 3.63) is 59.4 Å². The highest BCUT2D eigenvalue weighted by Crippen LogP contribution is 2.43. The highest BCUT2D eigenvalue weighted by Gasteiger charge is 2.39. The fourth-order valence-electron chi connectivity index (χ4n) is 4.34. The van der Waals surface area contributed by atoms with Gasteiger partial charge in [0.15, 0.2) is 11.5 Å². The van der Waals surface area contributed by atoms with Gasteiger partial charge in [-0.25, -0.2) is 4.39 Å². The van der Waals surface area contributed by atoms with Crippen LogP contribution in [-0.2, 0) is 11.3 Å². The number of hydrogen-bond acceptors (Lipinski definition) is 4. The molecule has 1 unspecified atom stereocenters. The molecule has 1 amide bonds. The number of piperazine rings is 1. The highest BCUT2D eigenvalue weighted by atomic mass is 19.1. The van der Waals surface area contributed by atoms with Crippen molar-refractivity contribution in [1.82, 2.24) is 9.80 Å². The Morgan fingerprint density at radius 1 is 1.00 bits per heavy atom. The van der Waals surface area contributed by atoms with Crippen LogP contribution >= 0.6 is 0 Å². The second kappa shape index (κ2) is 7.67. The molecule has 2 aromatic rings. The van der Waals surface area contributed by atoms with Crippen molar-refractivity contribution in [2.45, 2.75) is 25.3 Å². The van der Waals surface area contributed by atoms with Crippen LogP contribution in [0.1, 0.15) is 29.9 Å². The van der Waals surface area contributed by atoms with Crippen molar-refractivity contribution in [1.29, 1.82) is 0 Å². The molecule has 2 heterocycles. The minimum Gasteiger partial charge on any atom is -0.454 e. The number of carbonyl (C=O) groups excluding carboxylic acids is 1. The van der Waals surface area contributed by atoms with E-state index in [9.17, 15) is 9.18 Å². The van der Waals surface area contributed by atoms with Crippen molar-refractivity contribution in [3.63, 3.8) is 0 Å². The maximum Gasteiger partial charge on any atom is 0.231 e. The van der Waals surface area contributed by atoms with Crippen LogP contribution in [-0.4, -0.2) is 48.7 Å². The zero-order valence-electron chi connectivity index (χ0n) is 16.4. The first kappa shape index (κ1) is 18.4. The Bertz CT molecular complexity index is 889. The van der Waals surface area contributed by atoms with Crippen LogP contribution < -0.4 is 9.47 Å². The lowest BCUT2D eigenvalue weighted by Gasteiger charge is -2.36. The summed E-state index contributed by atoms with van der Waals surface area (Å²) in [5, 5.41) is 0. The van der Waals surface area contributed by atoms with Crippen LogP contribution in [0.5, 0.6) is 11.5 Å². The maximum atomic E-state index is 13.3. The van der Waals surface area contributed by atoms with Gasteiger partial charge in [-0.3, -0.25) is 9.69 Å². The molecule has 0 radical (unpaired) electrons. The topological polar surface area (TPSA) is 42.0 Å². The smallest absolute Gasteiger partial charge is 0.231 e. The number of fused-ring (bicyclic) bond motifs is 1. The number of carbonyl (C=O) groups is 1. The number of amides is 1.